The summed E-state index contributed by atoms with van der Waals surface area (Å²) < 4.78 is 0. The molecule has 0 aliphatic carbocycles. The molecule has 0 spiro atoms. The van der Waals surface area contributed by atoms with Crippen LogP contribution in [-0.2, 0) is 4.79 Å². The van der Waals surface area contributed by atoms with E-state index in [1.54, 1.807) is 13.8 Å². The number of amides is 1. The van der Waals surface area contributed by atoms with Gasteiger partial charge in [-0.25, -0.2) is 0 Å². The number of carbonyl (C=O) groups is 1. The Hall–Kier alpha value is -0.240. The Balaban J connectivity index is 3.64. The molecule has 0 fully saturated rings. The van der Waals surface area contributed by atoms with Crippen molar-refractivity contribution >= 4 is 17.5 Å². The van der Waals surface area contributed by atoms with Gasteiger partial charge in [0.25, 0.3) is 0 Å². The fourth-order valence-electron chi connectivity index (χ4n) is 0.226. The minimum Gasteiger partial charge on any atom is -0.369 e. The summed E-state index contributed by atoms with van der Waals surface area (Å²) in [6.07, 6.45) is 0. The predicted octanol–water partition coefficient (Wildman–Crippen LogP) is 0.735. The van der Waals surface area contributed by atoms with E-state index >= 15 is 0 Å². The minimum atomic E-state index is -0.340. The smallest absolute Gasteiger partial charge is 0.221 e. The van der Waals surface area contributed by atoms with Gasteiger partial charge in [0.2, 0.25) is 5.91 Å². The highest BCUT2D eigenvalue weighted by atomic mass is 35.5. The second-order valence-corrected chi connectivity index (χ2v) is 2.56. The Bertz CT molecular complexity index is 92.4. The highest BCUT2D eigenvalue weighted by molar-refractivity contribution is 6.21. The molecule has 1 amide bonds. The van der Waals surface area contributed by atoms with E-state index in [0.29, 0.717) is 0 Å². The number of nitrogens with two attached hydrogens (primary N) is 1. The Morgan fingerprint density at radius 2 is 2.00 bits per heavy atom. The van der Waals surface area contributed by atoms with Crippen molar-refractivity contribution < 1.29 is 4.79 Å². The summed E-state index contributed by atoms with van der Waals surface area (Å²) in [5.74, 6) is -0.566. The van der Waals surface area contributed by atoms with Gasteiger partial charge in [-0.3, -0.25) is 4.79 Å². The molecule has 3 heteroatoms. The van der Waals surface area contributed by atoms with Crippen molar-refractivity contribution in [3.8, 4) is 0 Å². The van der Waals surface area contributed by atoms with Gasteiger partial charge >= 0.3 is 0 Å². The lowest BCUT2D eigenvalue weighted by Gasteiger charge is -2.06. The topological polar surface area (TPSA) is 43.1 Å². The van der Waals surface area contributed by atoms with Crippen LogP contribution < -0.4 is 5.73 Å². The average molecular weight is 136 g/mol. The zero-order valence-electron chi connectivity index (χ0n) is 5.02. The second-order valence-electron chi connectivity index (χ2n) is 1.87. The van der Waals surface area contributed by atoms with Crippen molar-refractivity contribution in [1.82, 2.24) is 0 Å². The third kappa shape index (κ3) is 2.17. The molecule has 0 aliphatic rings. The fourth-order valence-corrected chi connectivity index (χ4v) is 0.351. The molecule has 2 nitrogen and oxygen atoms in total. The van der Waals surface area contributed by atoms with Crippen LogP contribution in [0.4, 0.5) is 0 Å². The molecule has 0 aromatic carbocycles. The molecule has 0 bridgehead atoms. The third-order valence-corrected chi connectivity index (χ3v) is 1.52. The highest BCUT2D eigenvalue weighted by Crippen LogP contribution is 2.07. The zero-order chi connectivity index (χ0) is 6.73. The van der Waals surface area contributed by atoms with E-state index in [9.17, 15) is 4.79 Å². The lowest BCUT2D eigenvalue weighted by Crippen LogP contribution is -2.26. The van der Waals surface area contributed by atoms with Crippen LogP contribution in [0.2, 0.25) is 0 Å². The van der Waals surface area contributed by atoms with Crippen molar-refractivity contribution in [2.75, 3.05) is 0 Å². The zero-order valence-corrected chi connectivity index (χ0v) is 5.77. The SMILES string of the molecule is CC(Cl)C(C)C(N)=O. The number of hydrogen-bond donors (Lipinski definition) is 1. The number of halogens is 1. The number of rotatable bonds is 2. The summed E-state index contributed by atoms with van der Waals surface area (Å²) in [6, 6.07) is 0. The number of hydrogen-bond acceptors (Lipinski definition) is 1. The van der Waals surface area contributed by atoms with Crippen LogP contribution in [0, 0.1) is 5.92 Å². The van der Waals surface area contributed by atoms with Gasteiger partial charge in [-0.15, -0.1) is 11.6 Å². The second kappa shape index (κ2) is 2.92. The average Bonchev–Trinajstić information content (AvgIpc) is 1.64. The molecule has 0 rings (SSSR count). The highest BCUT2D eigenvalue weighted by Gasteiger charge is 2.13. The summed E-state index contributed by atoms with van der Waals surface area (Å²) >= 11 is 5.52. The van der Waals surface area contributed by atoms with Crippen LogP contribution in [0.5, 0.6) is 0 Å². The van der Waals surface area contributed by atoms with Gasteiger partial charge in [0.1, 0.15) is 0 Å². The van der Waals surface area contributed by atoms with Crippen LogP contribution in [0.15, 0.2) is 0 Å². The Kier molecular flexibility index (Phi) is 2.84. The number of primary amides is 1. The van der Waals surface area contributed by atoms with Crippen molar-refractivity contribution in [2.45, 2.75) is 19.2 Å². The van der Waals surface area contributed by atoms with Crippen molar-refractivity contribution in [3.63, 3.8) is 0 Å². The third-order valence-electron chi connectivity index (χ3n) is 1.14. The monoisotopic (exact) mass is 135 g/mol. The van der Waals surface area contributed by atoms with E-state index in [1.807, 2.05) is 0 Å². The van der Waals surface area contributed by atoms with E-state index in [1.165, 1.54) is 0 Å². The normalized spacial score (nSPS) is 17.4. The van der Waals surface area contributed by atoms with Crippen LogP contribution in [0.3, 0.4) is 0 Å². The van der Waals surface area contributed by atoms with Crippen LogP contribution in [0.25, 0.3) is 0 Å². The minimum absolute atomic E-state index is 0.160. The van der Waals surface area contributed by atoms with Gasteiger partial charge in [-0.1, -0.05) is 6.92 Å². The van der Waals surface area contributed by atoms with E-state index < -0.39 is 0 Å². The summed E-state index contributed by atoms with van der Waals surface area (Å²) in [7, 11) is 0. The van der Waals surface area contributed by atoms with Crippen molar-refractivity contribution in [3.05, 3.63) is 0 Å². The maximum atomic E-state index is 10.3. The van der Waals surface area contributed by atoms with Gasteiger partial charge in [-0.2, -0.15) is 0 Å². The van der Waals surface area contributed by atoms with Crippen molar-refractivity contribution in [1.29, 1.82) is 0 Å². The molecule has 0 saturated carbocycles. The van der Waals surface area contributed by atoms with Crippen molar-refractivity contribution in [2.24, 2.45) is 11.7 Å². The molecule has 0 saturated heterocycles. The van der Waals surface area contributed by atoms with E-state index in [-0.39, 0.29) is 17.2 Å². The van der Waals surface area contributed by atoms with Crippen LogP contribution >= 0.6 is 11.6 Å². The molecular weight excluding hydrogens is 126 g/mol. The first-order valence-corrected chi connectivity index (χ1v) is 2.92. The molecule has 48 valence electrons. The van der Waals surface area contributed by atoms with Gasteiger partial charge in [0, 0.05) is 5.38 Å². The fraction of sp³-hybridized carbons (Fsp3) is 0.800. The first-order chi connectivity index (χ1) is 3.55. The van der Waals surface area contributed by atoms with Crippen LogP contribution in [0.1, 0.15) is 13.8 Å². The quantitative estimate of drug-likeness (QED) is 0.558. The maximum Gasteiger partial charge on any atom is 0.221 e. The molecule has 0 heterocycles. The first-order valence-electron chi connectivity index (χ1n) is 2.49. The van der Waals surface area contributed by atoms with Gasteiger partial charge in [0.05, 0.1) is 5.92 Å². The molecule has 0 aromatic heterocycles. The first kappa shape index (κ1) is 7.76. The molecule has 0 radical (unpaired) electrons. The van der Waals surface area contributed by atoms with Gasteiger partial charge < -0.3 is 5.73 Å². The Morgan fingerprint density at radius 3 is 2.00 bits per heavy atom. The summed E-state index contributed by atoms with van der Waals surface area (Å²) in [4.78, 5) is 10.3. The van der Waals surface area contributed by atoms with Crippen LogP contribution in [-0.4, -0.2) is 11.3 Å². The lowest BCUT2D eigenvalue weighted by molar-refractivity contribution is -0.121. The molecule has 8 heavy (non-hydrogen) atoms. The van der Waals surface area contributed by atoms with E-state index in [0.717, 1.165) is 0 Å². The summed E-state index contributed by atoms with van der Waals surface area (Å²) in [5, 5.41) is -0.160. The molecule has 0 aliphatic heterocycles. The number of carbonyl (C=O) groups excluding carboxylic acids is 1. The lowest BCUT2D eigenvalue weighted by atomic mass is 10.1. The molecule has 0 aromatic rings. The number of alkyl halides is 1. The standard InChI is InChI=1S/C5H10ClNO/c1-3(4(2)6)5(7)8/h3-4H,1-2H3,(H2,7,8). The molecule has 2 unspecified atom stereocenters. The summed E-state index contributed by atoms with van der Waals surface area (Å²) in [5.41, 5.74) is 4.91. The van der Waals surface area contributed by atoms with E-state index in [2.05, 4.69) is 0 Å². The molecule has 2 N–H and O–H groups in total. The van der Waals surface area contributed by atoms with Gasteiger partial charge in [-0.05, 0) is 6.92 Å². The van der Waals surface area contributed by atoms with Gasteiger partial charge in [0.15, 0.2) is 0 Å². The Morgan fingerprint density at radius 1 is 1.62 bits per heavy atom. The van der Waals surface area contributed by atoms with E-state index in [4.69, 9.17) is 17.3 Å². The molecule has 2 atom stereocenters. The summed E-state index contributed by atoms with van der Waals surface area (Å²) in [6.45, 7) is 3.46. The largest absolute Gasteiger partial charge is 0.369 e. The Labute approximate surface area is 54.0 Å². The maximum absolute atomic E-state index is 10.3. The molecular formula is C5H10ClNO. The predicted molar refractivity (Wildman–Crippen MR) is 33.7 cm³/mol.